The number of likely N-dealkylation sites (tertiary alicyclic amines) is 1. The van der Waals surface area contributed by atoms with Crippen molar-refractivity contribution in [1.82, 2.24) is 15.1 Å². The van der Waals surface area contributed by atoms with Crippen LogP contribution in [0.2, 0.25) is 0 Å². The van der Waals surface area contributed by atoms with Crippen LogP contribution in [-0.2, 0) is 16.0 Å². The summed E-state index contributed by atoms with van der Waals surface area (Å²) in [6, 6.07) is 9.25. The van der Waals surface area contributed by atoms with Crippen LogP contribution in [0.4, 0.5) is 5.69 Å². The van der Waals surface area contributed by atoms with Gasteiger partial charge in [0.25, 0.3) is 0 Å². The quantitative estimate of drug-likeness (QED) is 0.807. The van der Waals surface area contributed by atoms with Crippen LogP contribution in [0.15, 0.2) is 24.3 Å². The molecular weight excluding hydrogens is 388 g/mol. The number of hydrogen-bond acceptors (Lipinski definition) is 4. The Hall–Kier alpha value is -1.92. The van der Waals surface area contributed by atoms with Gasteiger partial charge in [0.15, 0.2) is 0 Å². The molecule has 6 heteroatoms. The first-order chi connectivity index (χ1) is 15.1. The molecule has 168 valence electrons. The van der Waals surface area contributed by atoms with Crippen molar-refractivity contribution < 1.29 is 9.59 Å². The van der Waals surface area contributed by atoms with Crippen molar-refractivity contribution in [3.8, 4) is 0 Å². The normalized spacial score (nSPS) is 30.0. The fourth-order valence-corrected chi connectivity index (χ4v) is 6.44. The number of carbonyl (C=O) groups is 2. The van der Waals surface area contributed by atoms with E-state index in [-0.39, 0.29) is 29.9 Å². The minimum atomic E-state index is -0.0285. The Morgan fingerprint density at radius 3 is 2.74 bits per heavy atom. The lowest BCUT2D eigenvalue weighted by Crippen LogP contribution is -2.53. The second-order valence-electron chi connectivity index (χ2n) is 9.86. The van der Waals surface area contributed by atoms with Crippen molar-refractivity contribution >= 4 is 17.5 Å². The number of benzene rings is 1. The summed E-state index contributed by atoms with van der Waals surface area (Å²) in [5.74, 6) is 0.406. The smallest absolute Gasteiger partial charge is 0.239 e. The van der Waals surface area contributed by atoms with E-state index in [1.165, 1.54) is 37.7 Å². The van der Waals surface area contributed by atoms with E-state index in [9.17, 15) is 9.59 Å². The van der Waals surface area contributed by atoms with Crippen LogP contribution in [0.1, 0.15) is 56.9 Å². The van der Waals surface area contributed by atoms with Crippen LogP contribution in [0.5, 0.6) is 0 Å². The first kappa shape index (κ1) is 21.0. The number of rotatable bonds is 4. The van der Waals surface area contributed by atoms with E-state index in [1.807, 2.05) is 17.0 Å². The van der Waals surface area contributed by atoms with E-state index in [0.717, 1.165) is 38.0 Å². The number of amides is 2. The van der Waals surface area contributed by atoms with Crippen molar-refractivity contribution in [2.75, 3.05) is 31.6 Å². The minimum absolute atomic E-state index is 0.0285. The molecule has 1 N–H and O–H groups in total. The Balaban J connectivity index is 1.23. The fourth-order valence-electron chi connectivity index (χ4n) is 6.44. The zero-order chi connectivity index (χ0) is 21.4. The molecule has 5 rings (SSSR count). The molecular formula is C25H36N4O2. The minimum Gasteiger partial charge on any atom is -0.353 e. The maximum absolute atomic E-state index is 13.1. The van der Waals surface area contributed by atoms with Gasteiger partial charge in [-0.1, -0.05) is 37.5 Å². The van der Waals surface area contributed by atoms with Gasteiger partial charge in [0.05, 0.1) is 0 Å². The Morgan fingerprint density at radius 1 is 1.10 bits per heavy atom. The Bertz CT molecular complexity index is 821. The average molecular weight is 425 g/mol. The average Bonchev–Trinajstić information content (AvgIpc) is 3.41. The molecule has 31 heavy (non-hydrogen) atoms. The maximum Gasteiger partial charge on any atom is 0.239 e. The molecule has 1 aliphatic carbocycles. The summed E-state index contributed by atoms with van der Waals surface area (Å²) in [4.78, 5) is 32.9. The Morgan fingerprint density at radius 2 is 1.90 bits per heavy atom. The van der Waals surface area contributed by atoms with E-state index >= 15 is 0 Å². The molecule has 4 aliphatic rings. The molecule has 1 aromatic rings. The molecule has 0 bridgehead atoms. The van der Waals surface area contributed by atoms with Crippen molar-refractivity contribution in [2.45, 2.75) is 82.0 Å². The number of nitrogens with one attached hydrogen (secondary N) is 1. The van der Waals surface area contributed by atoms with E-state index in [1.54, 1.807) is 0 Å². The highest BCUT2D eigenvalue weighted by Gasteiger charge is 2.47. The highest BCUT2D eigenvalue weighted by molar-refractivity contribution is 5.95. The summed E-state index contributed by atoms with van der Waals surface area (Å²) in [5, 5.41) is 3.23. The van der Waals surface area contributed by atoms with Gasteiger partial charge in [0.1, 0.15) is 6.04 Å². The summed E-state index contributed by atoms with van der Waals surface area (Å²) in [6.45, 7) is 2.45. The van der Waals surface area contributed by atoms with Crippen LogP contribution < -0.4 is 10.2 Å². The van der Waals surface area contributed by atoms with Crippen LogP contribution in [0.3, 0.4) is 0 Å². The largest absolute Gasteiger partial charge is 0.353 e. The fraction of sp³-hybridized carbons (Fsp3) is 0.680. The zero-order valence-corrected chi connectivity index (χ0v) is 18.8. The lowest BCUT2D eigenvalue weighted by molar-refractivity contribution is -0.126. The molecule has 2 saturated heterocycles. The van der Waals surface area contributed by atoms with Gasteiger partial charge in [-0.2, -0.15) is 0 Å². The molecule has 3 unspecified atom stereocenters. The van der Waals surface area contributed by atoms with Gasteiger partial charge in [-0.3, -0.25) is 19.4 Å². The molecule has 0 radical (unpaired) electrons. The van der Waals surface area contributed by atoms with Gasteiger partial charge in [0.2, 0.25) is 11.8 Å². The third kappa shape index (κ3) is 4.00. The molecule has 3 atom stereocenters. The molecule has 3 fully saturated rings. The Labute approximate surface area is 185 Å². The van der Waals surface area contributed by atoms with Crippen LogP contribution in [0, 0.1) is 0 Å². The topological polar surface area (TPSA) is 55.9 Å². The number of carbonyl (C=O) groups excluding carboxylic acids is 2. The number of anilines is 1. The molecule has 1 aromatic carbocycles. The lowest BCUT2D eigenvalue weighted by Gasteiger charge is -2.37. The van der Waals surface area contributed by atoms with E-state index in [4.69, 9.17) is 0 Å². The van der Waals surface area contributed by atoms with E-state index < -0.39 is 0 Å². The number of likely N-dealkylation sites (N-methyl/N-ethyl adjacent to an activating group) is 1. The molecule has 6 nitrogen and oxygen atoms in total. The summed E-state index contributed by atoms with van der Waals surface area (Å²) in [7, 11) is 2.17. The standard InChI is InChI=1S/C25H36N4O2/c1-27-20(11-12-23(30)29-15-13-18-7-5-6-10-21(18)29)17-26-25(31)24-22(27)14-16-28(24)19-8-3-2-4-9-19/h5-7,10,19-20,22,24H,2-4,8-9,11-17H2,1H3,(H,26,31). The van der Waals surface area contributed by atoms with Crippen LogP contribution in [-0.4, -0.2) is 72.5 Å². The second kappa shape index (κ2) is 8.91. The van der Waals surface area contributed by atoms with Crippen molar-refractivity contribution in [1.29, 1.82) is 0 Å². The first-order valence-corrected chi connectivity index (χ1v) is 12.3. The summed E-state index contributed by atoms with van der Waals surface area (Å²) < 4.78 is 0. The predicted octanol–water partition coefficient (Wildman–Crippen LogP) is 2.56. The summed E-state index contributed by atoms with van der Waals surface area (Å²) >= 11 is 0. The third-order valence-corrected chi connectivity index (χ3v) is 8.21. The molecule has 0 spiro atoms. The van der Waals surface area contributed by atoms with Gasteiger partial charge in [-0.25, -0.2) is 0 Å². The monoisotopic (exact) mass is 424 g/mol. The number of para-hydroxylation sites is 1. The van der Waals surface area contributed by atoms with Crippen LogP contribution >= 0.6 is 0 Å². The summed E-state index contributed by atoms with van der Waals surface area (Å²) in [5.41, 5.74) is 2.35. The van der Waals surface area contributed by atoms with Gasteiger partial charge in [-0.15, -0.1) is 0 Å². The van der Waals surface area contributed by atoms with Crippen LogP contribution in [0.25, 0.3) is 0 Å². The number of fused-ring (bicyclic) bond motifs is 2. The van der Waals surface area contributed by atoms with Gasteiger partial charge >= 0.3 is 0 Å². The first-order valence-electron chi connectivity index (χ1n) is 12.3. The highest BCUT2D eigenvalue weighted by atomic mass is 16.2. The van der Waals surface area contributed by atoms with E-state index in [2.05, 4.69) is 34.3 Å². The maximum atomic E-state index is 13.1. The van der Waals surface area contributed by atoms with Gasteiger partial charge < -0.3 is 10.2 Å². The molecule has 3 aliphatic heterocycles. The zero-order valence-electron chi connectivity index (χ0n) is 18.8. The SMILES string of the molecule is CN1C(CCC(=O)N2CCc3ccccc32)CNC(=O)C2C1CCN2C1CCCCC1. The second-order valence-corrected chi connectivity index (χ2v) is 9.86. The van der Waals surface area contributed by atoms with Crippen molar-refractivity contribution in [3.63, 3.8) is 0 Å². The van der Waals surface area contributed by atoms with Crippen molar-refractivity contribution in [2.24, 2.45) is 0 Å². The summed E-state index contributed by atoms with van der Waals surface area (Å²) in [6.07, 6.45) is 9.70. The van der Waals surface area contributed by atoms with Gasteiger partial charge in [0, 0.05) is 49.9 Å². The van der Waals surface area contributed by atoms with Gasteiger partial charge in [-0.05, 0) is 50.8 Å². The predicted molar refractivity (Wildman–Crippen MR) is 122 cm³/mol. The third-order valence-electron chi connectivity index (χ3n) is 8.21. The number of hydrogen-bond donors (Lipinski definition) is 1. The lowest BCUT2D eigenvalue weighted by atomic mass is 9.93. The molecule has 0 aromatic heterocycles. The molecule has 3 heterocycles. The number of nitrogens with zero attached hydrogens (tertiary/aromatic N) is 3. The van der Waals surface area contributed by atoms with Crippen molar-refractivity contribution in [3.05, 3.63) is 29.8 Å². The molecule has 2 amide bonds. The Kier molecular flexibility index (Phi) is 6.02. The molecule has 1 saturated carbocycles. The highest BCUT2D eigenvalue weighted by Crippen LogP contribution is 2.34. The van der Waals surface area contributed by atoms with E-state index in [0.29, 0.717) is 19.0 Å².